The molecule has 0 aromatic carbocycles. The number of likely N-dealkylation sites (tertiary alicyclic amines) is 1. The average Bonchev–Trinajstić information content (AvgIpc) is 3.31. The maximum absolute atomic E-state index is 12.8. The zero-order valence-electron chi connectivity index (χ0n) is 15.2. The fourth-order valence-electron chi connectivity index (χ4n) is 3.83. The number of aryl methyl sites for hydroxylation is 2. The molecule has 0 spiro atoms. The van der Waals surface area contributed by atoms with Crippen molar-refractivity contribution in [1.82, 2.24) is 34.5 Å². The summed E-state index contributed by atoms with van der Waals surface area (Å²) in [6, 6.07) is 5.62. The molecule has 0 aliphatic carbocycles. The van der Waals surface area contributed by atoms with Crippen LogP contribution < -0.4 is 4.74 Å². The summed E-state index contributed by atoms with van der Waals surface area (Å²) in [5, 5.41) is 17.5. The Balaban J connectivity index is 1.30. The van der Waals surface area contributed by atoms with E-state index >= 15 is 0 Å². The van der Waals surface area contributed by atoms with E-state index in [1.54, 1.807) is 10.7 Å². The molecule has 2 aliphatic heterocycles. The number of carbonyl (C=O) groups is 1. The van der Waals surface area contributed by atoms with Crippen LogP contribution in [0.3, 0.4) is 0 Å². The second-order valence-corrected chi connectivity index (χ2v) is 7.16. The monoisotopic (exact) mass is 367 g/mol. The van der Waals surface area contributed by atoms with Gasteiger partial charge >= 0.3 is 0 Å². The van der Waals surface area contributed by atoms with Crippen molar-refractivity contribution in [2.24, 2.45) is 0 Å². The van der Waals surface area contributed by atoms with E-state index in [4.69, 9.17) is 4.74 Å². The summed E-state index contributed by atoms with van der Waals surface area (Å²) in [6.07, 6.45) is 2.60. The summed E-state index contributed by atoms with van der Waals surface area (Å²) >= 11 is 0. The lowest BCUT2D eigenvalue weighted by molar-refractivity contribution is 0.0703. The molecule has 1 fully saturated rings. The van der Waals surface area contributed by atoms with Crippen LogP contribution in [0, 0.1) is 6.92 Å². The highest BCUT2D eigenvalue weighted by molar-refractivity contribution is 5.92. The summed E-state index contributed by atoms with van der Waals surface area (Å²) in [5.41, 5.74) is 2.16. The number of ether oxygens (including phenoxy) is 1. The molecule has 3 aromatic heterocycles. The Morgan fingerprint density at radius 1 is 1.15 bits per heavy atom. The normalized spacial score (nSPS) is 17.7. The summed E-state index contributed by atoms with van der Waals surface area (Å²) in [4.78, 5) is 14.7. The van der Waals surface area contributed by atoms with Crippen LogP contribution in [0.25, 0.3) is 5.65 Å². The zero-order valence-corrected chi connectivity index (χ0v) is 15.2. The van der Waals surface area contributed by atoms with Crippen molar-refractivity contribution in [2.45, 2.75) is 38.6 Å². The van der Waals surface area contributed by atoms with Gasteiger partial charge in [0, 0.05) is 38.0 Å². The first-order valence-electron chi connectivity index (χ1n) is 9.38. The second kappa shape index (κ2) is 6.33. The van der Waals surface area contributed by atoms with E-state index in [0.29, 0.717) is 31.3 Å². The highest BCUT2D eigenvalue weighted by Crippen LogP contribution is 2.28. The van der Waals surface area contributed by atoms with E-state index in [1.807, 2.05) is 28.5 Å². The van der Waals surface area contributed by atoms with E-state index in [-0.39, 0.29) is 11.8 Å². The molecule has 5 heterocycles. The summed E-state index contributed by atoms with van der Waals surface area (Å²) in [6.45, 7) is 4.79. The molecular weight excluding hydrogens is 346 g/mol. The molecule has 0 unspecified atom stereocenters. The smallest absolute Gasteiger partial charge is 0.274 e. The lowest BCUT2D eigenvalue weighted by Gasteiger charge is -2.30. The van der Waals surface area contributed by atoms with Gasteiger partial charge in [0.15, 0.2) is 17.2 Å². The van der Waals surface area contributed by atoms with E-state index in [1.165, 1.54) is 0 Å². The van der Waals surface area contributed by atoms with Gasteiger partial charge in [-0.3, -0.25) is 4.79 Å². The number of amides is 1. The second-order valence-electron chi connectivity index (χ2n) is 7.16. The topological polar surface area (TPSA) is 90.4 Å². The van der Waals surface area contributed by atoms with Gasteiger partial charge in [0.1, 0.15) is 0 Å². The molecule has 140 valence electrons. The molecule has 0 radical (unpaired) electrons. The summed E-state index contributed by atoms with van der Waals surface area (Å²) < 4.78 is 9.17. The first-order chi connectivity index (χ1) is 13.2. The number of hydrogen-bond donors (Lipinski definition) is 0. The van der Waals surface area contributed by atoms with Crippen LogP contribution in [-0.2, 0) is 6.54 Å². The lowest BCUT2D eigenvalue weighted by Crippen LogP contribution is -2.38. The number of piperidine rings is 1. The van der Waals surface area contributed by atoms with Crippen LogP contribution in [-0.4, -0.2) is 60.1 Å². The molecule has 0 atom stereocenters. The van der Waals surface area contributed by atoms with Crippen molar-refractivity contribution < 1.29 is 9.53 Å². The van der Waals surface area contributed by atoms with E-state index < -0.39 is 0 Å². The molecule has 27 heavy (non-hydrogen) atoms. The Bertz CT molecular complexity index is 977. The van der Waals surface area contributed by atoms with Crippen LogP contribution in [0.1, 0.15) is 47.2 Å². The Labute approximate surface area is 155 Å². The Hall–Kier alpha value is -2.97. The van der Waals surface area contributed by atoms with Crippen LogP contribution >= 0.6 is 0 Å². The van der Waals surface area contributed by atoms with Gasteiger partial charge in [0.25, 0.3) is 5.91 Å². The fourth-order valence-corrected chi connectivity index (χ4v) is 3.83. The third kappa shape index (κ3) is 2.83. The predicted octanol–water partition coefficient (Wildman–Crippen LogP) is 1.43. The number of carbonyl (C=O) groups excluding carboxylic acids is 1. The number of aromatic nitrogens is 6. The Morgan fingerprint density at radius 2 is 2.00 bits per heavy atom. The van der Waals surface area contributed by atoms with Gasteiger partial charge in [-0.05, 0) is 31.9 Å². The van der Waals surface area contributed by atoms with Gasteiger partial charge in [0.05, 0.1) is 12.3 Å². The molecule has 0 saturated carbocycles. The first kappa shape index (κ1) is 16.2. The van der Waals surface area contributed by atoms with Crippen molar-refractivity contribution in [1.29, 1.82) is 0 Å². The molecule has 3 aromatic rings. The Morgan fingerprint density at radius 3 is 2.81 bits per heavy atom. The molecule has 0 bridgehead atoms. The van der Waals surface area contributed by atoms with E-state index in [9.17, 15) is 4.79 Å². The molecular formula is C18H21N7O2. The van der Waals surface area contributed by atoms with Crippen molar-refractivity contribution in [3.63, 3.8) is 0 Å². The quantitative estimate of drug-likeness (QED) is 0.681. The number of nitrogens with zero attached hydrogens (tertiary/aromatic N) is 7. The minimum atomic E-state index is -0.0287. The predicted molar refractivity (Wildman–Crippen MR) is 95.7 cm³/mol. The maximum Gasteiger partial charge on any atom is 0.274 e. The van der Waals surface area contributed by atoms with Crippen LogP contribution in [0.4, 0.5) is 0 Å². The van der Waals surface area contributed by atoms with Crippen molar-refractivity contribution >= 4 is 11.6 Å². The number of rotatable bonds is 2. The van der Waals surface area contributed by atoms with Gasteiger partial charge in [-0.2, -0.15) is 14.7 Å². The van der Waals surface area contributed by atoms with E-state index in [0.717, 1.165) is 43.0 Å². The van der Waals surface area contributed by atoms with E-state index in [2.05, 4.69) is 20.4 Å². The summed E-state index contributed by atoms with van der Waals surface area (Å²) in [5.74, 6) is 1.79. The zero-order chi connectivity index (χ0) is 18.4. The van der Waals surface area contributed by atoms with Crippen LogP contribution in [0.2, 0.25) is 0 Å². The standard InChI is InChI=1S/C18H21N7O2/c1-12-3-4-15-19-20-17(25(15)21-12)13-5-8-23(9-6-13)18(26)14-11-16-24(22-14)7-2-10-27-16/h3-4,11,13H,2,5-10H2,1H3. The lowest BCUT2D eigenvalue weighted by atomic mass is 9.96. The molecule has 1 saturated heterocycles. The average molecular weight is 367 g/mol. The maximum atomic E-state index is 12.8. The third-order valence-electron chi connectivity index (χ3n) is 5.29. The highest BCUT2D eigenvalue weighted by Gasteiger charge is 2.29. The van der Waals surface area contributed by atoms with Gasteiger partial charge in [-0.1, -0.05) is 0 Å². The number of fused-ring (bicyclic) bond motifs is 2. The minimum absolute atomic E-state index is 0.0287. The molecule has 2 aliphatic rings. The van der Waals surface area contributed by atoms with Crippen molar-refractivity contribution in [3.05, 3.63) is 35.4 Å². The van der Waals surface area contributed by atoms with Crippen molar-refractivity contribution in [3.8, 4) is 5.88 Å². The van der Waals surface area contributed by atoms with Gasteiger partial charge in [-0.15, -0.1) is 10.2 Å². The van der Waals surface area contributed by atoms with Crippen LogP contribution in [0.15, 0.2) is 18.2 Å². The van der Waals surface area contributed by atoms with Gasteiger partial charge in [0.2, 0.25) is 5.88 Å². The van der Waals surface area contributed by atoms with Crippen LogP contribution in [0.5, 0.6) is 5.88 Å². The first-order valence-corrected chi connectivity index (χ1v) is 9.38. The largest absolute Gasteiger partial charge is 0.478 e. The summed E-state index contributed by atoms with van der Waals surface area (Å²) in [7, 11) is 0. The van der Waals surface area contributed by atoms with Gasteiger partial charge < -0.3 is 9.64 Å². The minimum Gasteiger partial charge on any atom is -0.478 e. The highest BCUT2D eigenvalue weighted by atomic mass is 16.5. The Kier molecular flexibility index (Phi) is 3.80. The molecule has 5 rings (SSSR count). The fraction of sp³-hybridized carbons (Fsp3) is 0.500. The number of hydrogen-bond acceptors (Lipinski definition) is 6. The SMILES string of the molecule is Cc1ccc2nnc(C3CCN(C(=O)c4cc5n(n4)CCCO5)CC3)n2n1. The van der Waals surface area contributed by atoms with Crippen molar-refractivity contribution in [2.75, 3.05) is 19.7 Å². The molecule has 1 amide bonds. The molecule has 0 N–H and O–H groups in total. The van der Waals surface area contributed by atoms with Gasteiger partial charge in [-0.25, -0.2) is 4.68 Å². The molecule has 9 heteroatoms. The molecule has 9 nitrogen and oxygen atoms in total. The third-order valence-corrected chi connectivity index (χ3v) is 5.29.